The summed E-state index contributed by atoms with van der Waals surface area (Å²) in [5.41, 5.74) is 1.34. The molecule has 0 bridgehead atoms. The van der Waals surface area contributed by atoms with Crippen molar-refractivity contribution in [1.82, 2.24) is 34.6 Å². The number of hydrogen-bond acceptors (Lipinski definition) is 6. The van der Waals surface area contributed by atoms with Crippen molar-refractivity contribution in [2.75, 3.05) is 31.1 Å². The summed E-state index contributed by atoms with van der Waals surface area (Å²) in [5, 5.41) is 4.43. The number of amides is 1. The van der Waals surface area contributed by atoms with Crippen molar-refractivity contribution in [2.24, 2.45) is 11.8 Å². The van der Waals surface area contributed by atoms with Gasteiger partial charge in [-0.05, 0) is 44.1 Å². The zero-order chi connectivity index (χ0) is 21.0. The molecule has 31 heavy (non-hydrogen) atoms. The zero-order valence-corrected chi connectivity index (χ0v) is 17.9. The lowest BCUT2D eigenvalue weighted by molar-refractivity contribution is -0.136. The second-order valence-electron chi connectivity index (χ2n) is 9.32. The number of carbonyl (C=O) groups is 1. The van der Waals surface area contributed by atoms with Crippen LogP contribution in [0.25, 0.3) is 11.2 Å². The summed E-state index contributed by atoms with van der Waals surface area (Å²) in [5.74, 6) is 2.27. The molecule has 6 rings (SSSR count). The summed E-state index contributed by atoms with van der Waals surface area (Å²) in [6.07, 6.45) is 10.8. The van der Waals surface area contributed by atoms with Crippen LogP contribution in [0.15, 0.2) is 24.7 Å². The molecule has 5 heterocycles. The van der Waals surface area contributed by atoms with Crippen LogP contribution in [0.1, 0.15) is 44.9 Å². The number of fused-ring (bicyclic) bond motifs is 1. The van der Waals surface area contributed by atoms with E-state index in [-0.39, 0.29) is 11.5 Å². The molecule has 0 unspecified atom stereocenters. The highest BCUT2D eigenvalue weighted by Crippen LogP contribution is 2.47. The smallest absolute Gasteiger partial charge is 0.227 e. The number of imidazole rings is 1. The minimum Gasteiger partial charge on any atom is -0.342 e. The van der Waals surface area contributed by atoms with E-state index in [1.54, 1.807) is 12.4 Å². The lowest BCUT2D eigenvalue weighted by atomic mass is 9.86. The number of anilines is 1. The monoisotopic (exact) mass is 420 g/mol. The number of aromatic nitrogens is 6. The number of nitrogens with one attached hydrogen (secondary N) is 1. The number of piperidine rings is 1. The third kappa shape index (κ3) is 3.09. The molecule has 3 aliphatic rings. The van der Waals surface area contributed by atoms with Gasteiger partial charge in [-0.15, -0.1) is 0 Å². The Morgan fingerprint density at radius 2 is 2.03 bits per heavy atom. The van der Waals surface area contributed by atoms with Gasteiger partial charge in [0.05, 0.1) is 12.1 Å². The van der Waals surface area contributed by atoms with Crippen molar-refractivity contribution in [3.05, 3.63) is 30.5 Å². The minimum absolute atomic E-state index is 0.0121. The van der Waals surface area contributed by atoms with E-state index in [1.807, 2.05) is 21.8 Å². The van der Waals surface area contributed by atoms with Crippen molar-refractivity contribution in [2.45, 2.75) is 44.6 Å². The summed E-state index contributed by atoms with van der Waals surface area (Å²) >= 11 is 0. The lowest BCUT2D eigenvalue weighted by Gasteiger charge is -2.37. The third-order valence-electron chi connectivity index (χ3n) is 7.31. The Labute approximate surface area is 180 Å². The van der Waals surface area contributed by atoms with Gasteiger partial charge in [-0.3, -0.25) is 9.48 Å². The largest absolute Gasteiger partial charge is 0.342 e. The molecule has 1 saturated carbocycles. The van der Waals surface area contributed by atoms with Crippen LogP contribution < -0.4 is 4.90 Å². The zero-order valence-electron chi connectivity index (χ0n) is 17.9. The number of aromatic amines is 1. The topological polar surface area (TPSA) is 95.8 Å². The van der Waals surface area contributed by atoms with Crippen LogP contribution in [0.5, 0.6) is 0 Å². The molecule has 0 radical (unpaired) electrons. The number of likely N-dealkylation sites (tertiary alicyclic amines) is 1. The lowest BCUT2D eigenvalue weighted by Crippen LogP contribution is -2.48. The second kappa shape index (κ2) is 7.03. The highest BCUT2D eigenvalue weighted by molar-refractivity contribution is 5.80. The number of nitrogens with zero attached hydrogens (tertiary/aromatic N) is 7. The van der Waals surface area contributed by atoms with Gasteiger partial charge < -0.3 is 14.8 Å². The number of rotatable bonds is 4. The molecule has 2 aliphatic heterocycles. The van der Waals surface area contributed by atoms with Gasteiger partial charge in [0.2, 0.25) is 11.9 Å². The van der Waals surface area contributed by atoms with Gasteiger partial charge in [0, 0.05) is 38.6 Å². The molecule has 162 valence electrons. The van der Waals surface area contributed by atoms with E-state index in [0.29, 0.717) is 24.3 Å². The van der Waals surface area contributed by atoms with Crippen LogP contribution in [0, 0.1) is 11.8 Å². The Bertz CT molecular complexity index is 1100. The normalized spacial score (nSPS) is 25.3. The summed E-state index contributed by atoms with van der Waals surface area (Å²) in [4.78, 5) is 34.9. The molecule has 9 nitrogen and oxygen atoms in total. The Morgan fingerprint density at radius 1 is 1.19 bits per heavy atom. The van der Waals surface area contributed by atoms with Crippen molar-refractivity contribution >= 4 is 23.0 Å². The van der Waals surface area contributed by atoms with Crippen LogP contribution in [0.2, 0.25) is 0 Å². The third-order valence-corrected chi connectivity index (χ3v) is 7.31. The van der Waals surface area contributed by atoms with E-state index >= 15 is 0 Å². The number of carbonyl (C=O) groups excluding carboxylic acids is 1. The average molecular weight is 421 g/mol. The molecule has 1 N–H and O–H groups in total. The first-order chi connectivity index (χ1) is 15.1. The SMILES string of the molecule is C[C@H]1CCN(c2ncc3nc(C4(n5cccn5)CC4)[nH]c3n2)C[C@H]1C(=O)N1CCCC1. The van der Waals surface area contributed by atoms with Crippen molar-refractivity contribution in [3.8, 4) is 0 Å². The molecular weight excluding hydrogens is 392 g/mol. The molecule has 2 saturated heterocycles. The van der Waals surface area contributed by atoms with Crippen LogP contribution in [0.4, 0.5) is 5.95 Å². The maximum Gasteiger partial charge on any atom is 0.227 e. The highest BCUT2D eigenvalue weighted by atomic mass is 16.2. The molecule has 3 aromatic heterocycles. The fraction of sp³-hybridized carbons (Fsp3) is 0.591. The average Bonchev–Trinajstić information content (AvgIpc) is 3.23. The molecule has 9 heteroatoms. The molecule has 2 atom stereocenters. The van der Waals surface area contributed by atoms with Gasteiger partial charge in [0.1, 0.15) is 16.9 Å². The van der Waals surface area contributed by atoms with Crippen LogP contribution >= 0.6 is 0 Å². The summed E-state index contributed by atoms with van der Waals surface area (Å²) in [7, 11) is 0. The maximum absolute atomic E-state index is 13.1. The Morgan fingerprint density at radius 3 is 2.77 bits per heavy atom. The fourth-order valence-electron chi connectivity index (χ4n) is 5.13. The van der Waals surface area contributed by atoms with Crippen molar-refractivity contribution < 1.29 is 4.79 Å². The van der Waals surface area contributed by atoms with Crippen LogP contribution in [-0.4, -0.2) is 66.7 Å². The Hall–Kier alpha value is -2.97. The van der Waals surface area contributed by atoms with Crippen LogP contribution in [0.3, 0.4) is 0 Å². The first-order valence-corrected chi connectivity index (χ1v) is 11.4. The molecule has 3 fully saturated rings. The van der Waals surface area contributed by atoms with Gasteiger partial charge in [0.15, 0.2) is 5.65 Å². The maximum atomic E-state index is 13.1. The highest BCUT2D eigenvalue weighted by Gasteiger charge is 2.50. The predicted octanol–water partition coefficient (Wildman–Crippen LogP) is 2.17. The number of hydrogen-bond donors (Lipinski definition) is 1. The first kappa shape index (κ1) is 18.8. The molecule has 0 spiro atoms. The molecule has 1 amide bonds. The van der Waals surface area contributed by atoms with E-state index in [9.17, 15) is 4.79 Å². The molecule has 1 aliphatic carbocycles. The van der Waals surface area contributed by atoms with Gasteiger partial charge in [-0.1, -0.05) is 6.92 Å². The number of H-pyrrole nitrogens is 1. The summed E-state index contributed by atoms with van der Waals surface area (Å²) in [6.45, 7) is 5.55. The quantitative estimate of drug-likeness (QED) is 0.695. The minimum atomic E-state index is -0.182. The van der Waals surface area contributed by atoms with E-state index in [0.717, 1.165) is 68.7 Å². The molecule has 0 aromatic carbocycles. The first-order valence-electron chi connectivity index (χ1n) is 11.4. The predicted molar refractivity (Wildman–Crippen MR) is 116 cm³/mol. The van der Waals surface area contributed by atoms with Gasteiger partial charge >= 0.3 is 0 Å². The summed E-state index contributed by atoms with van der Waals surface area (Å²) < 4.78 is 1.99. The van der Waals surface area contributed by atoms with Gasteiger partial charge in [0.25, 0.3) is 0 Å². The Kier molecular flexibility index (Phi) is 4.26. The van der Waals surface area contributed by atoms with Crippen molar-refractivity contribution in [1.29, 1.82) is 0 Å². The van der Waals surface area contributed by atoms with E-state index in [2.05, 4.69) is 26.9 Å². The van der Waals surface area contributed by atoms with E-state index in [1.165, 1.54) is 0 Å². The standard InChI is InChI=1S/C22H28N8O/c1-15-5-12-29(14-16(15)19(31)28-9-2-3-10-28)21-23-13-17-18(27-21)26-20(25-17)22(6-7-22)30-11-4-8-24-30/h4,8,11,13,15-16H,2-3,5-7,9-10,12,14H2,1H3,(H,23,25,26,27)/t15-,16+/m0/s1. The van der Waals surface area contributed by atoms with Gasteiger partial charge in [-0.25, -0.2) is 9.97 Å². The molecular formula is C22H28N8O. The Balaban J connectivity index is 1.26. The van der Waals surface area contributed by atoms with Crippen molar-refractivity contribution in [3.63, 3.8) is 0 Å². The second-order valence-corrected chi connectivity index (χ2v) is 9.32. The van der Waals surface area contributed by atoms with E-state index in [4.69, 9.17) is 9.97 Å². The fourth-order valence-corrected chi connectivity index (χ4v) is 5.13. The van der Waals surface area contributed by atoms with E-state index < -0.39 is 0 Å². The molecule has 3 aromatic rings. The summed E-state index contributed by atoms with van der Waals surface area (Å²) in [6, 6.07) is 1.94. The van der Waals surface area contributed by atoms with Gasteiger partial charge in [-0.2, -0.15) is 10.1 Å². The van der Waals surface area contributed by atoms with Crippen LogP contribution in [-0.2, 0) is 10.3 Å².